The number of aromatic nitrogens is 2. The lowest BCUT2D eigenvalue weighted by atomic mass is 10.2. The highest BCUT2D eigenvalue weighted by Gasteiger charge is 2.06. The second-order valence-electron chi connectivity index (χ2n) is 5.46. The van der Waals surface area contributed by atoms with E-state index in [-0.39, 0.29) is 5.91 Å². The van der Waals surface area contributed by atoms with Gasteiger partial charge in [-0.05, 0) is 31.9 Å². The molecule has 0 spiro atoms. The molecule has 0 aliphatic carbocycles. The minimum absolute atomic E-state index is 0.177. The van der Waals surface area contributed by atoms with E-state index in [0.29, 0.717) is 6.42 Å². The number of benzene rings is 1. The maximum atomic E-state index is 11.6. The average molecular weight is 287 g/mol. The van der Waals surface area contributed by atoms with Crippen molar-refractivity contribution in [1.29, 1.82) is 0 Å². The third kappa shape index (κ3) is 4.31. The molecule has 4 heteroatoms. The molecular formula is C17H25N3O. The van der Waals surface area contributed by atoms with Gasteiger partial charge >= 0.3 is 0 Å². The fourth-order valence-electron chi connectivity index (χ4n) is 2.57. The molecule has 0 aliphatic rings. The van der Waals surface area contributed by atoms with E-state index in [1.165, 1.54) is 5.52 Å². The highest BCUT2D eigenvalue weighted by Crippen LogP contribution is 2.15. The molecular weight excluding hydrogens is 262 g/mol. The minimum Gasteiger partial charge on any atom is -0.356 e. The summed E-state index contributed by atoms with van der Waals surface area (Å²) in [5.41, 5.74) is 2.21. The number of amides is 1. The lowest BCUT2D eigenvalue weighted by Gasteiger charge is -2.08. The number of rotatable bonds is 8. The number of carbonyl (C=O) groups excluding carboxylic acids is 1. The van der Waals surface area contributed by atoms with Gasteiger partial charge < -0.3 is 9.88 Å². The van der Waals surface area contributed by atoms with Crippen molar-refractivity contribution < 1.29 is 4.79 Å². The van der Waals surface area contributed by atoms with Gasteiger partial charge in [-0.3, -0.25) is 4.79 Å². The number of para-hydroxylation sites is 2. The highest BCUT2D eigenvalue weighted by molar-refractivity contribution is 5.76. The Bertz CT molecular complexity index is 589. The predicted molar refractivity (Wildman–Crippen MR) is 86.2 cm³/mol. The molecule has 1 N–H and O–H groups in total. The van der Waals surface area contributed by atoms with Crippen molar-refractivity contribution in [2.45, 2.75) is 52.5 Å². The van der Waals surface area contributed by atoms with E-state index >= 15 is 0 Å². The first-order valence-corrected chi connectivity index (χ1v) is 7.91. The average Bonchev–Trinajstić information content (AvgIpc) is 2.80. The monoisotopic (exact) mass is 287 g/mol. The number of carbonyl (C=O) groups is 1. The number of imidazole rings is 1. The SMILES string of the molecule is CCCCCC(=O)NCCCn1c(C)nc2ccccc21. The Labute approximate surface area is 126 Å². The maximum Gasteiger partial charge on any atom is 0.219 e. The van der Waals surface area contributed by atoms with Gasteiger partial charge in [-0.15, -0.1) is 0 Å². The van der Waals surface area contributed by atoms with Gasteiger partial charge in [0, 0.05) is 19.5 Å². The Morgan fingerprint density at radius 1 is 1.24 bits per heavy atom. The van der Waals surface area contributed by atoms with Crippen molar-refractivity contribution in [1.82, 2.24) is 14.9 Å². The van der Waals surface area contributed by atoms with Crippen LogP contribution in [0.1, 0.15) is 44.9 Å². The molecule has 0 radical (unpaired) electrons. The van der Waals surface area contributed by atoms with Crippen LogP contribution in [0.4, 0.5) is 0 Å². The molecule has 0 atom stereocenters. The summed E-state index contributed by atoms with van der Waals surface area (Å²) >= 11 is 0. The summed E-state index contributed by atoms with van der Waals surface area (Å²) in [6, 6.07) is 8.18. The van der Waals surface area contributed by atoms with Crippen molar-refractivity contribution in [3.63, 3.8) is 0 Å². The van der Waals surface area contributed by atoms with Crippen LogP contribution >= 0.6 is 0 Å². The predicted octanol–water partition coefficient (Wildman–Crippen LogP) is 3.43. The van der Waals surface area contributed by atoms with Crippen LogP contribution in [0.5, 0.6) is 0 Å². The topological polar surface area (TPSA) is 46.9 Å². The fraction of sp³-hybridized carbons (Fsp3) is 0.529. The van der Waals surface area contributed by atoms with Crippen LogP contribution in [0.25, 0.3) is 11.0 Å². The summed E-state index contributed by atoms with van der Waals surface area (Å²) in [7, 11) is 0. The summed E-state index contributed by atoms with van der Waals surface area (Å²) < 4.78 is 2.22. The number of nitrogens with zero attached hydrogens (tertiary/aromatic N) is 2. The third-order valence-corrected chi connectivity index (χ3v) is 3.73. The lowest BCUT2D eigenvalue weighted by Crippen LogP contribution is -2.25. The summed E-state index contributed by atoms with van der Waals surface area (Å²) in [4.78, 5) is 16.2. The Kier molecular flexibility index (Phi) is 5.78. The van der Waals surface area contributed by atoms with Gasteiger partial charge in [0.05, 0.1) is 11.0 Å². The largest absolute Gasteiger partial charge is 0.356 e. The van der Waals surface area contributed by atoms with E-state index in [0.717, 1.165) is 50.1 Å². The van der Waals surface area contributed by atoms with Gasteiger partial charge in [-0.25, -0.2) is 4.98 Å². The molecule has 0 bridgehead atoms. The van der Waals surface area contributed by atoms with E-state index in [1.807, 2.05) is 25.1 Å². The molecule has 4 nitrogen and oxygen atoms in total. The smallest absolute Gasteiger partial charge is 0.219 e. The summed E-state index contributed by atoms with van der Waals surface area (Å²) in [5, 5.41) is 3.00. The fourth-order valence-corrected chi connectivity index (χ4v) is 2.57. The molecule has 1 amide bonds. The molecule has 114 valence electrons. The van der Waals surface area contributed by atoms with Gasteiger partial charge in [-0.1, -0.05) is 31.9 Å². The van der Waals surface area contributed by atoms with Gasteiger partial charge in [0.1, 0.15) is 5.82 Å². The molecule has 1 aromatic carbocycles. The molecule has 2 rings (SSSR count). The van der Waals surface area contributed by atoms with E-state index in [1.54, 1.807) is 0 Å². The van der Waals surface area contributed by atoms with E-state index in [9.17, 15) is 4.79 Å². The van der Waals surface area contributed by atoms with Crippen LogP contribution < -0.4 is 5.32 Å². The van der Waals surface area contributed by atoms with Crippen molar-refractivity contribution >= 4 is 16.9 Å². The van der Waals surface area contributed by atoms with E-state index in [2.05, 4.69) is 27.9 Å². The minimum atomic E-state index is 0.177. The number of fused-ring (bicyclic) bond motifs is 1. The molecule has 2 aromatic rings. The number of hydrogen-bond acceptors (Lipinski definition) is 2. The highest BCUT2D eigenvalue weighted by atomic mass is 16.1. The Hall–Kier alpha value is -1.84. The van der Waals surface area contributed by atoms with Gasteiger partial charge in [-0.2, -0.15) is 0 Å². The van der Waals surface area contributed by atoms with E-state index < -0.39 is 0 Å². The first-order valence-electron chi connectivity index (χ1n) is 7.91. The van der Waals surface area contributed by atoms with Crippen LogP contribution in [-0.2, 0) is 11.3 Å². The molecule has 0 saturated heterocycles. The first kappa shape index (κ1) is 15.5. The normalized spacial score (nSPS) is 11.0. The zero-order chi connectivity index (χ0) is 15.1. The molecule has 1 aromatic heterocycles. The Morgan fingerprint density at radius 3 is 2.86 bits per heavy atom. The molecule has 0 fully saturated rings. The van der Waals surface area contributed by atoms with Crippen LogP contribution in [-0.4, -0.2) is 22.0 Å². The summed E-state index contributed by atoms with van der Waals surface area (Å²) in [5.74, 6) is 1.21. The first-order chi connectivity index (χ1) is 10.2. The number of nitrogens with one attached hydrogen (secondary N) is 1. The van der Waals surface area contributed by atoms with Gasteiger partial charge in [0.25, 0.3) is 0 Å². The third-order valence-electron chi connectivity index (χ3n) is 3.73. The maximum absolute atomic E-state index is 11.6. The van der Waals surface area contributed by atoms with E-state index in [4.69, 9.17) is 0 Å². The van der Waals surface area contributed by atoms with Crippen LogP contribution in [0, 0.1) is 6.92 Å². The number of hydrogen-bond donors (Lipinski definition) is 1. The zero-order valence-corrected chi connectivity index (χ0v) is 13.1. The Balaban J connectivity index is 1.78. The molecule has 0 unspecified atom stereocenters. The number of unbranched alkanes of at least 4 members (excludes halogenated alkanes) is 2. The second-order valence-corrected chi connectivity index (χ2v) is 5.46. The zero-order valence-electron chi connectivity index (χ0n) is 13.1. The van der Waals surface area contributed by atoms with Gasteiger partial charge in [0.2, 0.25) is 5.91 Å². The number of aryl methyl sites for hydroxylation is 2. The molecule has 0 aliphatic heterocycles. The van der Waals surface area contributed by atoms with Gasteiger partial charge in [0.15, 0.2) is 0 Å². The summed E-state index contributed by atoms with van der Waals surface area (Å²) in [6.45, 7) is 5.80. The molecule has 21 heavy (non-hydrogen) atoms. The van der Waals surface area contributed by atoms with Crippen LogP contribution in [0.3, 0.4) is 0 Å². The standard InChI is InChI=1S/C17H25N3O/c1-3-4-5-11-17(21)18-12-8-13-20-14(2)19-15-9-6-7-10-16(15)20/h6-7,9-10H,3-5,8,11-13H2,1-2H3,(H,18,21). The van der Waals surface area contributed by atoms with Crippen LogP contribution in [0.15, 0.2) is 24.3 Å². The Morgan fingerprint density at radius 2 is 2.05 bits per heavy atom. The van der Waals surface area contributed by atoms with Crippen molar-refractivity contribution in [3.8, 4) is 0 Å². The van der Waals surface area contributed by atoms with Crippen molar-refractivity contribution in [2.24, 2.45) is 0 Å². The molecule has 1 heterocycles. The van der Waals surface area contributed by atoms with Crippen molar-refractivity contribution in [3.05, 3.63) is 30.1 Å². The summed E-state index contributed by atoms with van der Waals surface area (Å²) in [6.07, 6.45) is 4.86. The second kappa shape index (κ2) is 7.81. The van der Waals surface area contributed by atoms with Crippen LogP contribution in [0.2, 0.25) is 0 Å². The quantitative estimate of drug-likeness (QED) is 0.756. The van der Waals surface area contributed by atoms with Crippen molar-refractivity contribution in [2.75, 3.05) is 6.54 Å². The lowest BCUT2D eigenvalue weighted by molar-refractivity contribution is -0.121. The molecule has 0 saturated carbocycles.